The summed E-state index contributed by atoms with van der Waals surface area (Å²) in [5, 5.41) is 0. The Kier molecular flexibility index (Phi) is 7.02. The molecule has 2 amide bonds. The van der Waals surface area contributed by atoms with Crippen molar-refractivity contribution in [1.29, 1.82) is 0 Å². The van der Waals surface area contributed by atoms with Gasteiger partial charge in [0.05, 0.1) is 7.11 Å². The van der Waals surface area contributed by atoms with E-state index in [-0.39, 0.29) is 25.5 Å². The number of aryl methyl sites for hydroxylation is 1. The van der Waals surface area contributed by atoms with Gasteiger partial charge in [0.1, 0.15) is 0 Å². The lowest BCUT2D eigenvalue weighted by Crippen LogP contribution is -2.36. The molecule has 0 aliphatic carbocycles. The van der Waals surface area contributed by atoms with Crippen LogP contribution in [0.3, 0.4) is 0 Å². The molecular weight excluding hydrogens is 332 g/mol. The number of nitrogens with two attached hydrogens (primary N) is 1. The lowest BCUT2D eigenvalue weighted by atomic mass is 10.2. The molecule has 0 fully saturated rings. The van der Waals surface area contributed by atoms with Crippen LogP contribution >= 0.6 is 0 Å². The molecule has 26 heavy (non-hydrogen) atoms. The van der Waals surface area contributed by atoms with Crippen LogP contribution in [0.2, 0.25) is 0 Å². The van der Waals surface area contributed by atoms with E-state index in [4.69, 9.17) is 15.2 Å². The van der Waals surface area contributed by atoms with Crippen molar-refractivity contribution >= 4 is 11.8 Å². The number of amides is 2. The zero-order valence-electron chi connectivity index (χ0n) is 15.1. The smallest absolute Gasteiger partial charge is 0.260 e. The second-order valence-electron chi connectivity index (χ2n) is 5.96. The number of benzene rings is 2. The van der Waals surface area contributed by atoms with Gasteiger partial charge in [-0.15, -0.1) is 0 Å². The van der Waals surface area contributed by atoms with Crippen molar-refractivity contribution in [3.05, 3.63) is 59.7 Å². The Balaban J connectivity index is 2.04. The van der Waals surface area contributed by atoms with Crippen molar-refractivity contribution in [2.45, 2.75) is 19.9 Å². The van der Waals surface area contributed by atoms with E-state index in [9.17, 15) is 9.59 Å². The molecule has 0 unspecified atom stereocenters. The van der Waals surface area contributed by atoms with Crippen LogP contribution in [0, 0.1) is 6.92 Å². The van der Waals surface area contributed by atoms with Gasteiger partial charge in [-0.3, -0.25) is 9.59 Å². The molecule has 0 aliphatic rings. The van der Waals surface area contributed by atoms with Crippen molar-refractivity contribution < 1.29 is 19.1 Å². The number of hydrogen-bond donors (Lipinski definition) is 1. The number of carbonyl (C=O) groups excluding carboxylic acids is 2. The van der Waals surface area contributed by atoms with Gasteiger partial charge < -0.3 is 20.1 Å². The summed E-state index contributed by atoms with van der Waals surface area (Å²) in [6.07, 6.45) is 0.104. The molecule has 138 valence electrons. The number of methoxy groups -OCH3 is 1. The molecule has 0 atom stereocenters. The van der Waals surface area contributed by atoms with Crippen LogP contribution < -0.4 is 15.2 Å². The van der Waals surface area contributed by atoms with Gasteiger partial charge in [0.25, 0.3) is 5.91 Å². The monoisotopic (exact) mass is 356 g/mol. The largest absolute Gasteiger partial charge is 0.493 e. The molecule has 2 aromatic carbocycles. The molecule has 2 N–H and O–H groups in total. The van der Waals surface area contributed by atoms with Crippen LogP contribution in [-0.4, -0.2) is 37.0 Å². The van der Waals surface area contributed by atoms with E-state index in [1.807, 2.05) is 49.4 Å². The highest BCUT2D eigenvalue weighted by Crippen LogP contribution is 2.27. The number of primary amides is 1. The molecule has 0 saturated carbocycles. The van der Waals surface area contributed by atoms with Crippen molar-refractivity contribution in [1.82, 2.24) is 4.90 Å². The zero-order chi connectivity index (χ0) is 18.9. The Morgan fingerprint density at radius 2 is 1.81 bits per heavy atom. The van der Waals surface area contributed by atoms with Gasteiger partial charge in [-0.2, -0.15) is 0 Å². The highest BCUT2D eigenvalue weighted by Gasteiger charge is 2.16. The summed E-state index contributed by atoms with van der Waals surface area (Å²) in [7, 11) is 1.55. The van der Waals surface area contributed by atoms with Crippen LogP contribution in [0.15, 0.2) is 48.5 Å². The number of rotatable bonds is 9. The Morgan fingerprint density at radius 3 is 2.46 bits per heavy atom. The van der Waals surface area contributed by atoms with E-state index >= 15 is 0 Å². The van der Waals surface area contributed by atoms with Crippen molar-refractivity contribution in [2.75, 3.05) is 20.3 Å². The number of carbonyl (C=O) groups is 2. The van der Waals surface area contributed by atoms with Crippen molar-refractivity contribution in [2.24, 2.45) is 5.73 Å². The van der Waals surface area contributed by atoms with Gasteiger partial charge >= 0.3 is 0 Å². The Bertz CT molecular complexity index is 747. The molecular formula is C20H24N2O4. The summed E-state index contributed by atoms with van der Waals surface area (Å²) in [5.74, 6) is 0.403. The second kappa shape index (κ2) is 9.46. The third kappa shape index (κ3) is 5.81. The minimum Gasteiger partial charge on any atom is -0.493 e. The van der Waals surface area contributed by atoms with Crippen molar-refractivity contribution in [3.63, 3.8) is 0 Å². The van der Waals surface area contributed by atoms with E-state index in [2.05, 4.69) is 0 Å². The summed E-state index contributed by atoms with van der Waals surface area (Å²) >= 11 is 0. The SMILES string of the molecule is COc1cc(C)ccc1OCC(=O)N(CCC(N)=O)Cc1ccccc1. The maximum atomic E-state index is 12.6. The van der Waals surface area contributed by atoms with E-state index in [0.717, 1.165) is 11.1 Å². The molecule has 0 bridgehead atoms. The molecule has 6 heteroatoms. The van der Waals surface area contributed by atoms with E-state index in [1.165, 1.54) is 0 Å². The molecule has 0 heterocycles. The first-order valence-electron chi connectivity index (χ1n) is 8.37. The van der Waals surface area contributed by atoms with Crippen LogP contribution in [0.25, 0.3) is 0 Å². The Labute approximate surface area is 153 Å². The second-order valence-corrected chi connectivity index (χ2v) is 5.96. The number of ether oxygens (including phenoxy) is 2. The van der Waals surface area contributed by atoms with Crippen LogP contribution in [0.1, 0.15) is 17.5 Å². The third-order valence-electron chi connectivity index (χ3n) is 3.87. The maximum absolute atomic E-state index is 12.6. The van der Waals surface area contributed by atoms with Crippen molar-refractivity contribution in [3.8, 4) is 11.5 Å². The van der Waals surface area contributed by atoms with Gasteiger partial charge in [-0.05, 0) is 30.2 Å². The normalized spacial score (nSPS) is 10.2. The zero-order valence-corrected chi connectivity index (χ0v) is 15.1. The van der Waals surface area contributed by atoms with Gasteiger partial charge in [0.2, 0.25) is 5.91 Å². The van der Waals surface area contributed by atoms with E-state index in [0.29, 0.717) is 18.0 Å². The van der Waals surface area contributed by atoms with E-state index in [1.54, 1.807) is 18.1 Å². The summed E-state index contributed by atoms with van der Waals surface area (Å²) in [6, 6.07) is 15.1. The van der Waals surface area contributed by atoms with Gasteiger partial charge in [-0.1, -0.05) is 36.4 Å². The van der Waals surface area contributed by atoms with Crippen LogP contribution in [0.4, 0.5) is 0 Å². The molecule has 0 aliphatic heterocycles. The first kappa shape index (κ1) is 19.3. The average molecular weight is 356 g/mol. The molecule has 6 nitrogen and oxygen atoms in total. The van der Waals surface area contributed by atoms with Gasteiger partial charge in [-0.25, -0.2) is 0 Å². The molecule has 0 radical (unpaired) electrons. The first-order valence-corrected chi connectivity index (χ1v) is 8.37. The fourth-order valence-electron chi connectivity index (χ4n) is 2.47. The number of nitrogens with zero attached hydrogens (tertiary/aromatic N) is 1. The quantitative estimate of drug-likeness (QED) is 0.747. The molecule has 0 saturated heterocycles. The maximum Gasteiger partial charge on any atom is 0.260 e. The fraction of sp³-hybridized carbons (Fsp3) is 0.300. The highest BCUT2D eigenvalue weighted by molar-refractivity contribution is 5.79. The standard InChI is InChI=1S/C20H24N2O4/c1-15-8-9-17(18(12-15)25-2)26-14-20(24)22(11-10-19(21)23)13-16-6-4-3-5-7-16/h3-9,12H,10-11,13-14H2,1-2H3,(H2,21,23). The average Bonchev–Trinajstić information content (AvgIpc) is 2.64. The van der Waals surface area contributed by atoms with Gasteiger partial charge in [0, 0.05) is 19.5 Å². The number of hydrogen-bond acceptors (Lipinski definition) is 4. The molecule has 2 rings (SSSR count). The van der Waals surface area contributed by atoms with Crippen LogP contribution in [0.5, 0.6) is 11.5 Å². The Morgan fingerprint density at radius 1 is 1.08 bits per heavy atom. The summed E-state index contributed by atoms with van der Waals surface area (Å²) in [4.78, 5) is 25.3. The molecule has 0 spiro atoms. The van der Waals surface area contributed by atoms with E-state index < -0.39 is 5.91 Å². The predicted octanol–water partition coefficient (Wildman–Crippen LogP) is 2.29. The minimum atomic E-state index is -0.447. The first-order chi connectivity index (χ1) is 12.5. The highest BCUT2D eigenvalue weighted by atomic mass is 16.5. The topological polar surface area (TPSA) is 81.9 Å². The Hall–Kier alpha value is -3.02. The predicted molar refractivity (Wildman–Crippen MR) is 98.9 cm³/mol. The lowest BCUT2D eigenvalue weighted by Gasteiger charge is -2.23. The summed E-state index contributed by atoms with van der Waals surface area (Å²) < 4.78 is 10.9. The third-order valence-corrected chi connectivity index (χ3v) is 3.87. The van der Waals surface area contributed by atoms with Crippen LogP contribution in [-0.2, 0) is 16.1 Å². The fourth-order valence-corrected chi connectivity index (χ4v) is 2.47. The summed E-state index contributed by atoms with van der Waals surface area (Å²) in [6.45, 7) is 2.44. The summed E-state index contributed by atoms with van der Waals surface area (Å²) in [5.41, 5.74) is 7.23. The molecule has 0 aromatic heterocycles. The lowest BCUT2D eigenvalue weighted by molar-refractivity contribution is -0.134. The van der Waals surface area contributed by atoms with Gasteiger partial charge in [0.15, 0.2) is 18.1 Å². The molecule has 2 aromatic rings. The minimum absolute atomic E-state index is 0.104.